The van der Waals surface area contributed by atoms with Crippen molar-refractivity contribution < 1.29 is 4.79 Å². The lowest BCUT2D eigenvalue weighted by Crippen LogP contribution is -2.50. The Morgan fingerprint density at radius 2 is 1.89 bits per heavy atom. The Morgan fingerprint density at radius 1 is 1.05 bits per heavy atom. The molecule has 1 heterocycles. The van der Waals surface area contributed by atoms with Crippen LogP contribution in [0.2, 0.25) is 0 Å². The lowest BCUT2D eigenvalue weighted by molar-refractivity contribution is 0.0898. The van der Waals surface area contributed by atoms with Crippen LogP contribution in [0.25, 0.3) is 6.08 Å². The van der Waals surface area contributed by atoms with Crippen LogP contribution in [0.4, 0.5) is 0 Å². The molecule has 0 bridgehead atoms. The van der Waals surface area contributed by atoms with Gasteiger partial charge >= 0.3 is 0 Å². The van der Waals surface area contributed by atoms with Crippen molar-refractivity contribution in [3.63, 3.8) is 0 Å². The van der Waals surface area contributed by atoms with Crippen molar-refractivity contribution >= 4 is 12.0 Å². The standard InChI is InChI=1S/C34H44N2O/c1-24-20-29(33(37)35-22-26-8-4-3-5-9-26)13-15-31(24)28-12-14-30(21-28)36-19-18-34(25(2)23-36)17-16-27-10-6-7-11-32(27)34/h6-7,10-11,13,15-17,20,25-26,28,30H,3-5,8-9,12,14,18-19,21-23H2,1-2H3,(H,35,37)/t25-,28?,30?,34?/m0/s1. The van der Waals surface area contributed by atoms with E-state index in [-0.39, 0.29) is 11.3 Å². The Morgan fingerprint density at radius 3 is 2.70 bits per heavy atom. The molecular weight excluding hydrogens is 452 g/mol. The quantitative estimate of drug-likeness (QED) is 0.473. The second kappa shape index (κ2) is 10.4. The highest BCUT2D eigenvalue weighted by Crippen LogP contribution is 2.48. The van der Waals surface area contributed by atoms with Crippen LogP contribution in [0.1, 0.15) is 103 Å². The molecule has 3 aliphatic carbocycles. The van der Waals surface area contributed by atoms with E-state index in [0.29, 0.717) is 23.8 Å². The average molecular weight is 497 g/mol. The van der Waals surface area contributed by atoms with Crippen LogP contribution in [-0.4, -0.2) is 36.5 Å². The van der Waals surface area contributed by atoms with Gasteiger partial charge in [0.05, 0.1) is 0 Å². The SMILES string of the molecule is Cc1cc(C(=O)NCC2CCCCC2)ccc1C1CCC(N2CCC3(C=Cc4ccccc43)[C@@H](C)C2)C1. The Hall–Kier alpha value is -2.39. The minimum absolute atomic E-state index is 0.100. The molecule has 3 unspecified atom stereocenters. The number of nitrogens with one attached hydrogen (secondary N) is 1. The maximum Gasteiger partial charge on any atom is 0.251 e. The van der Waals surface area contributed by atoms with Crippen LogP contribution in [0, 0.1) is 18.8 Å². The minimum Gasteiger partial charge on any atom is -0.352 e. The first-order valence-corrected chi connectivity index (χ1v) is 14.9. The first kappa shape index (κ1) is 24.9. The molecule has 1 N–H and O–H groups in total. The van der Waals surface area contributed by atoms with Gasteiger partial charge in [0.25, 0.3) is 5.91 Å². The average Bonchev–Trinajstić information content (AvgIpc) is 3.56. The topological polar surface area (TPSA) is 32.3 Å². The number of fused-ring (bicyclic) bond motifs is 2. The van der Waals surface area contributed by atoms with Gasteiger partial charge in [-0.1, -0.05) is 68.7 Å². The first-order chi connectivity index (χ1) is 18.0. The highest BCUT2D eigenvalue weighted by molar-refractivity contribution is 5.94. The van der Waals surface area contributed by atoms with Crippen LogP contribution in [0.15, 0.2) is 48.5 Å². The summed E-state index contributed by atoms with van der Waals surface area (Å²) in [5.41, 5.74) is 6.77. The molecule has 3 fully saturated rings. The number of hydrogen-bond donors (Lipinski definition) is 1. The van der Waals surface area contributed by atoms with Crippen LogP contribution >= 0.6 is 0 Å². The number of rotatable bonds is 5. The fourth-order valence-corrected chi connectivity index (χ4v) is 8.13. The van der Waals surface area contributed by atoms with Crippen molar-refractivity contribution in [1.82, 2.24) is 10.2 Å². The first-order valence-electron chi connectivity index (χ1n) is 14.9. The normalized spacial score (nSPS) is 30.1. The van der Waals surface area contributed by atoms with Gasteiger partial charge in [-0.3, -0.25) is 4.79 Å². The third kappa shape index (κ3) is 4.80. The lowest BCUT2D eigenvalue weighted by Gasteiger charge is -2.46. The second-order valence-electron chi connectivity index (χ2n) is 12.6. The Kier molecular flexibility index (Phi) is 7.01. The van der Waals surface area contributed by atoms with E-state index in [1.165, 1.54) is 87.6 Å². The molecule has 1 saturated heterocycles. The van der Waals surface area contributed by atoms with Crippen LogP contribution in [0.3, 0.4) is 0 Å². The molecule has 2 aromatic carbocycles. The van der Waals surface area contributed by atoms with Gasteiger partial charge in [0.1, 0.15) is 0 Å². The zero-order chi connectivity index (χ0) is 25.4. The number of hydrogen-bond acceptors (Lipinski definition) is 2. The molecule has 1 aliphatic heterocycles. The van der Waals surface area contributed by atoms with Crippen molar-refractivity contribution in [2.24, 2.45) is 11.8 Å². The van der Waals surface area contributed by atoms with E-state index in [4.69, 9.17) is 0 Å². The number of aryl methyl sites for hydroxylation is 1. The van der Waals surface area contributed by atoms with Crippen LogP contribution < -0.4 is 5.32 Å². The molecule has 1 amide bonds. The zero-order valence-corrected chi connectivity index (χ0v) is 22.8. The molecule has 3 nitrogen and oxygen atoms in total. The Labute approximate surface area is 223 Å². The van der Waals surface area contributed by atoms with Gasteiger partial charge in [-0.05, 0) is 104 Å². The van der Waals surface area contributed by atoms with E-state index < -0.39 is 0 Å². The molecule has 1 spiro atoms. The number of nitrogens with zero attached hydrogens (tertiary/aromatic N) is 1. The smallest absolute Gasteiger partial charge is 0.251 e. The van der Waals surface area contributed by atoms with Gasteiger partial charge in [0.2, 0.25) is 0 Å². The molecule has 6 rings (SSSR count). The van der Waals surface area contributed by atoms with Gasteiger partial charge in [0.15, 0.2) is 0 Å². The number of benzene rings is 2. The summed E-state index contributed by atoms with van der Waals surface area (Å²) in [7, 11) is 0. The molecule has 2 saturated carbocycles. The van der Waals surface area contributed by atoms with Gasteiger partial charge in [-0.2, -0.15) is 0 Å². The highest BCUT2D eigenvalue weighted by atomic mass is 16.1. The Bertz CT molecular complexity index is 1160. The van der Waals surface area contributed by atoms with Crippen molar-refractivity contribution in [1.29, 1.82) is 0 Å². The van der Waals surface area contributed by atoms with Crippen molar-refractivity contribution in [2.45, 2.75) is 89.0 Å². The molecule has 4 aliphatic rings. The van der Waals surface area contributed by atoms with Gasteiger partial charge in [-0.15, -0.1) is 0 Å². The van der Waals surface area contributed by atoms with Gasteiger partial charge < -0.3 is 10.2 Å². The number of likely N-dealkylation sites (tertiary alicyclic amines) is 1. The highest BCUT2D eigenvalue weighted by Gasteiger charge is 2.45. The van der Waals surface area contributed by atoms with E-state index in [1.807, 2.05) is 0 Å². The summed E-state index contributed by atoms with van der Waals surface area (Å²) in [5, 5.41) is 3.22. The molecule has 196 valence electrons. The van der Waals surface area contributed by atoms with E-state index in [9.17, 15) is 4.79 Å². The van der Waals surface area contributed by atoms with Crippen molar-refractivity contribution in [3.8, 4) is 0 Å². The molecule has 4 atom stereocenters. The summed E-state index contributed by atoms with van der Waals surface area (Å²) in [6, 6.07) is 16.2. The zero-order valence-electron chi connectivity index (χ0n) is 22.8. The summed E-state index contributed by atoms with van der Waals surface area (Å²) in [6.07, 6.45) is 16.4. The summed E-state index contributed by atoms with van der Waals surface area (Å²) in [4.78, 5) is 15.6. The van der Waals surface area contributed by atoms with Crippen molar-refractivity contribution in [2.75, 3.05) is 19.6 Å². The van der Waals surface area contributed by atoms with E-state index >= 15 is 0 Å². The molecule has 3 heteroatoms. The maximum absolute atomic E-state index is 12.8. The number of allylic oxidation sites excluding steroid dienone is 1. The van der Waals surface area contributed by atoms with E-state index in [2.05, 4.69) is 78.7 Å². The second-order valence-corrected chi connectivity index (χ2v) is 12.6. The Balaban J connectivity index is 1.06. The summed E-state index contributed by atoms with van der Waals surface area (Å²) in [5.74, 6) is 2.01. The van der Waals surface area contributed by atoms with Gasteiger partial charge in [-0.25, -0.2) is 0 Å². The lowest BCUT2D eigenvalue weighted by atomic mass is 9.68. The maximum atomic E-state index is 12.8. The largest absolute Gasteiger partial charge is 0.352 e. The molecule has 0 aromatic heterocycles. The summed E-state index contributed by atoms with van der Waals surface area (Å²) >= 11 is 0. The minimum atomic E-state index is 0.100. The van der Waals surface area contributed by atoms with Crippen LogP contribution in [-0.2, 0) is 5.41 Å². The number of amides is 1. The van der Waals surface area contributed by atoms with Crippen LogP contribution in [0.5, 0.6) is 0 Å². The molecular formula is C34H44N2O. The molecule has 0 radical (unpaired) electrons. The number of carbonyl (C=O) groups excluding carboxylic acids is 1. The number of piperidine rings is 1. The fourth-order valence-electron chi connectivity index (χ4n) is 8.13. The number of carbonyl (C=O) groups is 1. The third-order valence-corrected chi connectivity index (χ3v) is 10.4. The molecule has 37 heavy (non-hydrogen) atoms. The predicted octanol–water partition coefficient (Wildman–Crippen LogP) is 7.25. The van der Waals surface area contributed by atoms with Crippen molar-refractivity contribution in [3.05, 3.63) is 76.4 Å². The predicted molar refractivity (Wildman–Crippen MR) is 153 cm³/mol. The molecule has 2 aromatic rings. The fraction of sp³-hybridized carbons (Fsp3) is 0.559. The monoisotopic (exact) mass is 496 g/mol. The summed E-state index contributed by atoms with van der Waals surface area (Å²) in [6.45, 7) is 7.89. The van der Waals surface area contributed by atoms with Gasteiger partial charge in [0, 0.05) is 30.1 Å². The summed E-state index contributed by atoms with van der Waals surface area (Å²) < 4.78 is 0. The third-order valence-electron chi connectivity index (χ3n) is 10.4. The van der Waals surface area contributed by atoms with E-state index in [1.54, 1.807) is 5.56 Å². The van der Waals surface area contributed by atoms with E-state index in [0.717, 1.165) is 12.1 Å².